The highest BCUT2D eigenvalue weighted by molar-refractivity contribution is 6.08. The second-order valence-electron chi connectivity index (χ2n) is 10.3. The summed E-state index contributed by atoms with van der Waals surface area (Å²) in [5.41, 5.74) is 4.39. The average Bonchev–Trinajstić information content (AvgIpc) is 3.43. The van der Waals surface area contributed by atoms with Gasteiger partial charge in [0, 0.05) is 17.4 Å². The van der Waals surface area contributed by atoms with Gasteiger partial charge in [0.15, 0.2) is 0 Å². The van der Waals surface area contributed by atoms with Gasteiger partial charge in [-0.3, -0.25) is 19.3 Å². The maximum atomic E-state index is 14.3. The van der Waals surface area contributed by atoms with Crippen LogP contribution in [-0.4, -0.2) is 41.8 Å². The lowest BCUT2D eigenvalue weighted by Gasteiger charge is -2.28. The lowest BCUT2D eigenvalue weighted by molar-refractivity contribution is -0.124. The van der Waals surface area contributed by atoms with Crippen molar-refractivity contribution in [2.45, 2.75) is 18.5 Å². The zero-order chi connectivity index (χ0) is 28.9. The molecule has 0 fully saturated rings. The molecule has 0 saturated heterocycles. The molecule has 1 aliphatic heterocycles. The molecule has 8 nitrogen and oxygen atoms in total. The molecule has 0 aliphatic carbocycles. The van der Waals surface area contributed by atoms with Crippen LogP contribution in [0.15, 0.2) is 115 Å². The van der Waals surface area contributed by atoms with Gasteiger partial charge in [-0.25, -0.2) is 0 Å². The average molecular weight is 558 g/mol. The predicted molar refractivity (Wildman–Crippen MR) is 164 cm³/mol. The highest BCUT2D eigenvalue weighted by Gasteiger charge is 2.39. The van der Waals surface area contributed by atoms with E-state index in [1.807, 2.05) is 103 Å². The molecule has 42 heavy (non-hydrogen) atoms. The standard InChI is InChI=1S/C34H31N5O3/c40-30(35-20-19-23-11-3-1-4-12-23)22-39-29-18-10-9-17-27(29)37-31(24-13-5-2-6-14-24)32(34(39)42)38-33(41)28-21-25-15-7-8-16-26(25)36-28/h1-18,21,31-32,36-37H,19-20,22H2,(H,35,40)(H,38,41)/t31-,32-/m0/s1. The van der Waals surface area contributed by atoms with Crippen molar-refractivity contribution in [1.82, 2.24) is 15.6 Å². The molecular formula is C34H31N5O3. The van der Waals surface area contributed by atoms with E-state index in [0.29, 0.717) is 30.0 Å². The Morgan fingerprint density at radius 1 is 0.810 bits per heavy atom. The van der Waals surface area contributed by atoms with Crippen LogP contribution in [0.5, 0.6) is 0 Å². The fourth-order valence-corrected chi connectivity index (χ4v) is 5.36. The van der Waals surface area contributed by atoms with Crippen molar-refractivity contribution in [3.8, 4) is 0 Å². The van der Waals surface area contributed by atoms with Crippen molar-refractivity contribution in [2.24, 2.45) is 0 Å². The van der Waals surface area contributed by atoms with E-state index in [2.05, 4.69) is 20.9 Å². The molecule has 4 N–H and O–H groups in total. The molecule has 0 bridgehead atoms. The summed E-state index contributed by atoms with van der Waals surface area (Å²) in [6.45, 7) is 0.255. The molecule has 3 amide bonds. The van der Waals surface area contributed by atoms with Gasteiger partial charge in [0.05, 0.1) is 17.4 Å². The van der Waals surface area contributed by atoms with Gasteiger partial charge in [0.25, 0.3) is 11.8 Å². The lowest BCUT2D eigenvalue weighted by Crippen LogP contribution is -2.53. The van der Waals surface area contributed by atoms with Crippen LogP contribution in [0, 0.1) is 0 Å². The number of benzene rings is 4. The summed E-state index contributed by atoms with van der Waals surface area (Å²) in [7, 11) is 0. The molecule has 1 aromatic heterocycles. The molecule has 2 heterocycles. The van der Waals surface area contributed by atoms with Crippen molar-refractivity contribution in [1.29, 1.82) is 0 Å². The number of fused-ring (bicyclic) bond motifs is 2. The van der Waals surface area contributed by atoms with E-state index in [4.69, 9.17) is 0 Å². The lowest BCUT2D eigenvalue weighted by atomic mass is 9.98. The Hall–Kier alpha value is -5.37. The Kier molecular flexibility index (Phi) is 7.68. The summed E-state index contributed by atoms with van der Waals surface area (Å²) in [5, 5.41) is 10.3. The first-order chi connectivity index (χ1) is 20.6. The number of amides is 3. The molecule has 0 spiro atoms. The summed E-state index contributed by atoms with van der Waals surface area (Å²) in [5.74, 6) is -1.08. The number of hydrogen-bond donors (Lipinski definition) is 4. The van der Waals surface area contributed by atoms with Crippen molar-refractivity contribution in [3.63, 3.8) is 0 Å². The second kappa shape index (κ2) is 12.0. The van der Waals surface area contributed by atoms with E-state index >= 15 is 0 Å². The highest BCUT2D eigenvalue weighted by Crippen LogP contribution is 2.35. The summed E-state index contributed by atoms with van der Waals surface area (Å²) in [6.07, 6.45) is 0.679. The van der Waals surface area contributed by atoms with Gasteiger partial charge in [-0.2, -0.15) is 0 Å². The second-order valence-corrected chi connectivity index (χ2v) is 10.3. The van der Waals surface area contributed by atoms with E-state index in [9.17, 15) is 14.4 Å². The monoisotopic (exact) mass is 557 g/mol. The first-order valence-corrected chi connectivity index (χ1v) is 14.0. The number of nitrogens with zero attached hydrogens (tertiary/aromatic N) is 1. The SMILES string of the molecule is O=C(CN1C(=O)[C@@H](NC(=O)c2cc3ccccc3[nH]2)[C@H](c2ccccc2)Nc2ccccc21)NCCc1ccccc1. The zero-order valence-corrected chi connectivity index (χ0v) is 22.9. The van der Waals surface area contributed by atoms with Gasteiger partial charge in [0.1, 0.15) is 18.3 Å². The van der Waals surface area contributed by atoms with Crippen molar-refractivity contribution >= 4 is 40.0 Å². The summed E-state index contributed by atoms with van der Waals surface area (Å²) >= 11 is 0. The van der Waals surface area contributed by atoms with Crippen LogP contribution >= 0.6 is 0 Å². The molecule has 8 heteroatoms. The Bertz CT molecular complexity index is 1680. The Balaban J connectivity index is 1.29. The first-order valence-electron chi connectivity index (χ1n) is 14.0. The number of carbonyl (C=O) groups excluding carboxylic acids is 3. The Morgan fingerprint density at radius 3 is 2.29 bits per heavy atom. The maximum Gasteiger partial charge on any atom is 0.268 e. The number of rotatable bonds is 8. The van der Waals surface area contributed by atoms with Crippen LogP contribution in [-0.2, 0) is 16.0 Å². The number of carbonyl (C=O) groups is 3. The summed E-state index contributed by atoms with van der Waals surface area (Å²) in [6, 6.07) is 34.6. The van der Waals surface area contributed by atoms with Crippen LogP contribution in [0.4, 0.5) is 11.4 Å². The van der Waals surface area contributed by atoms with E-state index in [1.54, 1.807) is 12.1 Å². The minimum absolute atomic E-state index is 0.188. The van der Waals surface area contributed by atoms with Gasteiger partial charge >= 0.3 is 0 Å². The third-order valence-corrected chi connectivity index (χ3v) is 7.47. The summed E-state index contributed by atoms with van der Waals surface area (Å²) in [4.78, 5) is 45.7. The fourth-order valence-electron chi connectivity index (χ4n) is 5.36. The Labute approximate surface area is 243 Å². The van der Waals surface area contributed by atoms with Crippen molar-refractivity contribution in [2.75, 3.05) is 23.3 Å². The predicted octanol–water partition coefficient (Wildman–Crippen LogP) is 4.83. The summed E-state index contributed by atoms with van der Waals surface area (Å²) < 4.78 is 0. The molecule has 1 aliphatic rings. The topological polar surface area (TPSA) is 106 Å². The number of H-pyrrole nitrogens is 1. The molecular weight excluding hydrogens is 526 g/mol. The largest absolute Gasteiger partial charge is 0.374 e. The van der Waals surface area contributed by atoms with Gasteiger partial charge < -0.3 is 20.9 Å². The third kappa shape index (κ3) is 5.74. The number of para-hydroxylation sites is 3. The number of hydrogen-bond acceptors (Lipinski definition) is 4. The van der Waals surface area contributed by atoms with Crippen LogP contribution < -0.4 is 20.9 Å². The number of aromatic nitrogens is 1. The van der Waals surface area contributed by atoms with Gasteiger partial charge in [-0.15, -0.1) is 0 Å². The smallest absolute Gasteiger partial charge is 0.268 e. The van der Waals surface area contributed by atoms with Crippen molar-refractivity contribution in [3.05, 3.63) is 132 Å². The van der Waals surface area contributed by atoms with Gasteiger partial charge in [-0.1, -0.05) is 91.0 Å². The van der Waals surface area contributed by atoms with Crippen LogP contribution in [0.1, 0.15) is 27.7 Å². The zero-order valence-electron chi connectivity index (χ0n) is 22.9. The van der Waals surface area contributed by atoms with Crippen LogP contribution in [0.25, 0.3) is 10.9 Å². The molecule has 5 aromatic rings. The fraction of sp³-hybridized carbons (Fsp3) is 0.147. The third-order valence-electron chi connectivity index (χ3n) is 7.47. The molecule has 210 valence electrons. The minimum atomic E-state index is -1.00. The van der Waals surface area contributed by atoms with E-state index in [-0.39, 0.29) is 18.4 Å². The number of anilines is 2. The number of aromatic amines is 1. The van der Waals surface area contributed by atoms with E-state index in [0.717, 1.165) is 22.0 Å². The molecule has 0 unspecified atom stereocenters. The van der Waals surface area contributed by atoms with Gasteiger partial charge in [0.2, 0.25) is 5.91 Å². The van der Waals surface area contributed by atoms with Gasteiger partial charge in [-0.05, 0) is 41.8 Å². The Morgan fingerprint density at radius 2 is 1.50 bits per heavy atom. The first kappa shape index (κ1) is 26.8. The molecule has 0 saturated carbocycles. The van der Waals surface area contributed by atoms with E-state index in [1.165, 1.54) is 4.90 Å². The quantitative estimate of drug-likeness (QED) is 0.219. The van der Waals surface area contributed by atoms with Crippen molar-refractivity contribution < 1.29 is 14.4 Å². The van der Waals surface area contributed by atoms with E-state index < -0.39 is 18.0 Å². The maximum absolute atomic E-state index is 14.3. The van der Waals surface area contributed by atoms with Crippen LogP contribution in [0.3, 0.4) is 0 Å². The number of nitrogens with one attached hydrogen (secondary N) is 4. The van der Waals surface area contributed by atoms with Crippen LogP contribution in [0.2, 0.25) is 0 Å². The highest BCUT2D eigenvalue weighted by atomic mass is 16.2. The molecule has 6 rings (SSSR count). The molecule has 4 aromatic carbocycles. The molecule has 0 radical (unpaired) electrons. The minimum Gasteiger partial charge on any atom is -0.374 e. The molecule has 2 atom stereocenters. The normalized spacial score (nSPS) is 16.3.